The average molecular weight is 451 g/mol. The van der Waals surface area contributed by atoms with Crippen molar-refractivity contribution in [3.8, 4) is 0 Å². The summed E-state index contributed by atoms with van der Waals surface area (Å²) in [6.45, 7) is 0.612. The predicted octanol–water partition coefficient (Wildman–Crippen LogP) is 2.40. The Morgan fingerprint density at radius 1 is 1.19 bits per heavy atom. The molecular weight excluding hydrogens is 432 g/mol. The second kappa shape index (κ2) is 8.73. The standard InChI is InChI=1S/C18H19BrN4O3S/c19-15-4-6-17(7-5-15)27(25,26)23-11-8-14(9-12-23)18(24)22-21-13-16-3-1-2-10-20-16/h1-7,10,13-14H,8-9,11-12H2,(H,22,24)/b21-13-. The van der Waals surface area contributed by atoms with E-state index in [9.17, 15) is 13.2 Å². The smallest absolute Gasteiger partial charge is 0.243 e. The monoisotopic (exact) mass is 450 g/mol. The lowest BCUT2D eigenvalue weighted by Crippen LogP contribution is -2.42. The first kappa shape index (κ1) is 19.7. The number of hydrogen-bond acceptors (Lipinski definition) is 5. The molecule has 142 valence electrons. The molecule has 0 atom stereocenters. The molecule has 0 spiro atoms. The zero-order valence-electron chi connectivity index (χ0n) is 14.5. The Kier molecular flexibility index (Phi) is 6.35. The van der Waals surface area contributed by atoms with E-state index in [0.29, 0.717) is 31.6 Å². The highest BCUT2D eigenvalue weighted by atomic mass is 79.9. The van der Waals surface area contributed by atoms with E-state index >= 15 is 0 Å². The van der Waals surface area contributed by atoms with Gasteiger partial charge in [0.1, 0.15) is 0 Å². The van der Waals surface area contributed by atoms with Gasteiger partial charge in [-0.2, -0.15) is 9.41 Å². The molecule has 1 fully saturated rings. The van der Waals surface area contributed by atoms with E-state index in [-0.39, 0.29) is 16.7 Å². The van der Waals surface area contributed by atoms with E-state index in [2.05, 4.69) is 31.4 Å². The Labute approximate surface area is 166 Å². The topological polar surface area (TPSA) is 91.7 Å². The highest BCUT2D eigenvalue weighted by molar-refractivity contribution is 9.10. The van der Waals surface area contributed by atoms with Crippen molar-refractivity contribution in [2.24, 2.45) is 11.0 Å². The second-order valence-electron chi connectivity index (χ2n) is 6.12. The normalized spacial score (nSPS) is 16.5. The van der Waals surface area contributed by atoms with Crippen molar-refractivity contribution in [2.45, 2.75) is 17.7 Å². The molecular formula is C18H19BrN4O3S. The lowest BCUT2D eigenvalue weighted by atomic mass is 9.98. The summed E-state index contributed by atoms with van der Waals surface area (Å²) in [5.74, 6) is -0.467. The summed E-state index contributed by atoms with van der Waals surface area (Å²) in [6.07, 6.45) is 4.04. The van der Waals surface area contributed by atoms with E-state index in [1.54, 1.807) is 42.6 Å². The summed E-state index contributed by atoms with van der Waals surface area (Å²) in [5.41, 5.74) is 3.16. The predicted molar refractivity (Wildman–Crippen MR) is 106 cm³/mol. The van der Waals surface area contributed by atoms with E-state index in [0.717, 1.165) is 4.47 Å². The van der Waals surface area contributed by atoms with Gasteiger partial charge in [0.25, 0.3) is 0 Å². The molecule has 0 saturated carbocycles. The van der Waals surface area contributed by atoms with Gasteiger partial charge in [0.2, 0.25) is 15.9 Å². The molecule has 1 amide bonds. The number of carbonyl (C=O) groups excluding carboxylic acids is 1. The lowest BCUT2D eigenvalue weighted by Gasteiger charge is -2.30. The van der Waals surface area contributed by atoms with Crippen molar-refractivity contribution in [3.05, 3.63) is 58.8 Å². The first-order valence-corrected chi connectivity index (χ1v) is 10.7. The van der Waals surface area contributed by atoms with Crippen LogP contribution in [0.5, 0.6) is 0 Å². The van der Waals surface area contributed by atoms with Crippen molar-refractivity contribution >= 4 is 38.1 Å². The first-order chi connectivity index (χ1) is 13.0. The Morgan fingerprint density at radius 3 is 2.52 bits per heavy atom. The maximum Gasteiger partial charge on any atom is 0.243 e. The number of nitrogens with one attached hydrogen (secondary N) is 1. The Bertz CT molecular complexity index is 909. The van der Waals surface area contributed by atoms with Gasteiger partial charge in [-0.05, 0) is 49.2 Å². The number of carbonyl (C=O) groups is 1. The number of aromatic nitrogens is 1. The van der Waals surface area contributed by atoms with Crippen LogP contribution in [0.2, 0.25) is 0 Å². The maximum absolute atomic E-state index is 12.7. The van der Waals surface area contributed by atoms with Gasteiger partial charge in [0, 0.05) is 29.7 Å². The minimum atomic E-state index is -3.54. The number of nitrogens with zero attached hydrogens (tertiary/aromatic N) is 3. The second-order valence-corrected chi connectivity index (χ2v) is 8.97. The molecule has 0 unspecified atom stereocenters. The molecule has 2 aromatic rings. The third-order valence-corrected chi connectivity index (χ3v) is 6.78. The van der Waals surface area contributed by atoms with Gasteiger partial charge in [-0.15, -0.1) is 0 Å². The van der Waals surface area contributed by atoms with Crippen molar-refractivity contribution in [3.63, 3.8) is 0 Å². The largest absolute Gasteiger partial charge is 0.273 e. The fraction of sp³-hybridized carbons (Fsp3) is 0.278. The van der Waals surface area contributed by atoms with Gasteiger partial charge in [0.15, 0.2) is 0 Å². The van der Waals surface area contributed by atoms with Crippen LogP contribution in [0.4, 0.5) is 0 Å². The van der Waals surface area contributed by atoms with Gasteiger partial charge < -0.3 is 0 Å². The number of hydrazone groups is 1. The lowest BCUT2D eigenvalue weighted by molar-refractivity contribution is -0.126. The van der Waals surface area contributed by atoms with Crippen LogP contribution in [0.15, 0.2) is 63.1 Å². The molecule has 1 saturated heterocycles. The first-order valence-electron chi connectivity index (χ1n) is 8.46. The molecule has 1 N–H and O–H groups in total. The van der Waals surface area contributed by atoms with Crippen LogP contribution in [-0.4, -0.2) is 42.9 Å². The summed E-state index contributed by atoms with van der Waals surface area (Å²) >= 11 is 3.30. The van der Waals surface area contributed by atoms with Gasteiger partial charge >= 0.3 is 0 Å². The van der Waals surface area contributed by atoms with E-state index < -0.39 is 10.0 Å². The van der Waals surface area contributed by atoms with Crippen LogP contribution >= 0.6 is 15.9 Å². The van der Waals surface area contributed by atoms with Crippen molar-refractivity contribution in [2.75, 3.05) is 13.1 Å². The fourth-order valence-corrected chi connectivity index (χ4v) is 4.55. The third-order valence-electron chi connectivity index (χ3n) is 4.34. The Hall–Kier alpha value is -2.10. The van der Waals surface area contributed by atoms with Crippen molar-refractivity contribution < 1.29 is 13.2 Å². The number of pyridine rings is 1. The molecule has 3 rings (SSSR count). The van der Waals surface area contributed by atoms with Crippen LogP contribution < -0.4 is 5.43 Å². The SMILES string of the molecule is O=C(N/N=C\c1ccccn1)C1CCN(S(=O)(=O)c2ccc(Br)cc2)CC1. The van der Waals surface area contributed by atoms with Crippen molar-refractivity contribution in [1.82, 2.24) is 14.7 Å². The van der Waals surface area contributed by atoms with Crippen molar-refractivity contribution in [1.29, 1.82) is 0 Å². The van der Waals surface area contributed by atoms with Gasteiger partial charge in [0.05, 0.1) is 16.8 Å². The number of sulfonamides is 1. The highest BCUT2D eigenvalue weighted by Crippen LogP contribution is 2.24. The fourth-order valence-electron chi connectivity index (χ4n) is 2.82. The summed E-state index contributed by atoms with van der Waals surface area (Å²) in [4.78, 5) is 16.6. The summed E-state index contributed by atoms with van der Waals surface area (Å²) in [7, 11) is -3.54. The third kappa shape index (κ3) is 5.00. The molecule has 0 radical (unpaired) electrons. The molecule has 7 nitrogen and oxygen atoms in total. The number of rotatable bonds is 5. The molecule has 0 bridgehead atoms. The zero-order valence-corrected chi connectivity index (χ0v) is 16.9. The van der Waals surface area contributed by atoms with E-state index in [1.807, 2.05) is 6.07 Å². The molecule has 0 aliphatic carbocycles. The number of amides is 1. The summed E-state index contributed by atoms with van der Waals surface area (Å²) < 4.78 is 27.6. The summed E-state index contributed by atoms with van der Waals surface area (Å²) in [5, 5.41) is 3.92. The maximum atomic E-state index is 12.7. The number of hydrogen-bond donors (Lipinski definition) is 1. The summed E-state index contributed by atoms with van der Waals surface area (Å²) in [6, 6.07) is 12.0. The quantitative estimate of drug-likeness (QED) is 0.558. The number of piperidine rings is 1. The molecule has 1 aliphatic heterocycles. The minimum absolute atomic E-state index is 0.206. The van der Waals surface area contributed by atoms with E-state index in [4.69, 9.17) is 0 Å². The van der Waals surface area contributed by atoms with Gasteiger partial charge in [-0.25, -0.2) is 13.8 Å². The molecule has 1 aromatic carbocycles. The number of halogens is 1. The average Bonchev–Trinajstić information content (AvgIpc) is 2.69. The zero-order chi connectivity index (χ0) is 19.3. The number of benzene rings is 1. The molecule has 2 heterocycles. The Balaban J connectivity index is 1.54. The van der Waals surface area contributed by atoms with Crippen LogP contribution in [-0.2, 0) is 14.8 Å². The van der Waals surface area contributed by atoms with Crippen LogP contribution in [0.25, 0.3) is 0 Å². The molecule has 9 heteroatoms. The van der Waals surface area contributed by atoms with Crippen LogP contribution in [0, 0.1) is 5.92 Å². The van der Waals surface area contributed by atoms with Crippen LogP contribution in [0.3, 0.4) is 0 Å². The Morgan fingerprint density at radius 2 is 1.89 bits per heavy atom. The molecule has 1 aliphatic rings. The molecule has 27 heavy (non-hydrogen) atoms. The van der Waals surface area contributed by atoms with Gasteiger partial charge in [-0.1, -0.05) is 22.0 Å². The van der Waals surface area contributed by atoms with Crippen LogP contribution in [0.1, 0.15) is 18.5 Å². The highest BCUT2D eigenvalue weighted by Gasteiger charge is 2.32. The van der Waals surface area contributed by atoms with E-state index in [1.165, 1.54) is 10.5 Å². The minimum Gasteiger partial charge on any atom is -0.273 e. The van der Waals surface area contributed by atoms with Gasteiger partial charge in [-0.3, -0.25) is 9.78 Å². The molecule has 1 aromatic heterocycles.